The zero-order chi connectivity index (χ0) is 8.15. The molecule has 0 aromatic carbocycles. The Morgan fingerprint density at radius 1 is 1.45 bits per heavy atom. The molecule has 0 saturated carbocycles. The summed E-state index contributed by atoms with van der Waals surface area (Å²) < 4.78 is 0. The third kappa shape index (κ3) is 8.44. The van der Waals surface area contributed by atoms with E-state index in [1.165, 1.54) is 0 Å². The van der Waals surface area contributed by atoms with Gasteiger partial charge >= 0.3 is 63.3 Å². The van der Waals surface area contributed by atoms with Crippen molar-refractivity contribution in [2.75, 3.05) is 0 Å². The van der Waals surface area contributed by atoms with Crippen LogP contribution in [-0.4, -0.2) is 28.2 Å². The van der Waals surface area contributed by atoms with Crippen molar-refractivity contribution in [3.63, 3.8) is 0 Å². The van der Waals surface area contributed by atoms with Crippen LogP contribution >= 0.6 is 0 Å². The van der Waals surface area contributed by atoms with Crippen LogP contribution in [0.5, 0.6) is 0 Å². The fourth-order valence-electron chi connectivity index (χ4n) is 0.402. The maximum absolute atomic E-state index is 9.99. The second-order valence-corrected chi connectivity index (χ2v) is 1.88. The van der Waals surface area contributed by atoms with Gasteiger partial charge in [0.05, 0.1) is 0 Å². The van der Waals surface area contributed by atoms with E-state index in [0.29, 0.717) is 0 Å². The third-order valence-corrected chi connectivity index (χ3v) is 0.986. The molecule has 5 nitrogen and oxygen atoms in total. The normalized spacial score (nSPS) is 11.4. The Balaban J connectivity index is -0.000000405. The number of rotatable bonds is 4. The average molecular weight is 187 g/mol. The van der Waals surface area contributed by atoms with Crippen molar-refractivity contribution in [1.82, 2.24) is 0 Å². The van der Waals surface area contributed by atoms with E-state index in [-0.39, 0.29) is 65.7 Å². The van der Waals surface area contributed by atoms with Crippen LogP contribution < -0.4 is 57.1 Å². The number of aliphatic carboxylic acids is 2. The maximum Gasteiger partial charge on any atom is 1.00 e. The summed E-state index contributed by atoms with van der Waals surface area (Å²) in [4.78, 5) is 19.9. The first kappa shape index (κ1) is 14.1. The number of nitrogens with two attached hydrogens (primary N) is 1. The van der Waals surface area contributed by atoms with Crippen molar-refractivity contribution >= 4 is 11.9 Å². The van der Waals surface area contributed by atoms with Crippen molar-refractivity contribution in [3.8, 4) is 0 Å². The van der Waals surface area contributed by atoms with Crippen LogP contribution in [0.1, 0.15) is 14.3 Å². The fourth-order valence-corrected chi connectivity index (χ4v) is 0.402. The van der Waals surface area contributed by atoms with Crippen molar-refractivity contribution in [3.05, 3.63) is 0 Å². The molecule has 0 amide bonds. The molecule has 11 heavy (non-hydrogen) atoms. The molecule has 0 rings (SSSR count). The average Bonchev–Trinajstić information content (AvgIpc) is 1.82. The van der Waals surface area contributed by atoms with Gasteiger partial charge in [-0.1, -0.05) is 0 Å². The minimum atomic E-state index is -1.17. The van der Waals surface area contributed by atoms with Crippen LogP contribution in [0.15, 0.2) is 0 Å². The van der Waals surface area contributed by atoms with E-state index < -0.39 is 18.0 Å². The summed E-state index contributed by atoms with van der Waals surface area (Å²) >= 11 is 0. The van der Waals surface area contributed by atoms with Gasteiger partial charge in [-0.15, -0.1) is 0 Å². The topological polar surface area (TPSA) is 101 Å². The second-order valence-electron chi connectivity index (χ2n) is 1.88. The molecule has 0 aromatic heterocycles. The molecule has 0 aliphatic heterocycles. The van der Waals surface area contributed by atoms with Crippen LogP contribution in [0.4, 0.5) is 0 Å². The SMILES string of the molecule is N[C@H](CCC(=O)O)C(=O)O.[H-].[K+]. The number of hydrogen-bond donors (Lipinski definition) is 3. The molecule has 0 bridgehead atoms. The van der Waals surface area contributed by atoms with E-state index >= 15 is 0 Å². The first-order chi connectivity index (χ1) is 4.54. The fraction of sp³-hybridized carbons (Fsp3) is 0.600. The Hall–Kier alpha value is 0.536. The summed E-state index contributed by atoms with van der Waals surface area (Å²) in [6, 6.07) is -1.06. The Morgan fingerprint density at radius 3 is 2.18 bits per heavy atom. The van der Waals surface area contributed by atoms with Crippen molar-refractivity contribution in [1.29, 1.82) is 0 Å². The van der Waals surface area contributed by atoms with Gasteiger partial charge in [-0.05, 0) is 6.42 Å². The van der Waals surface area contributed by atoms with Gasteiger partial charge in [0.2, 0.25) is 0 Å². The van der Waals surface area contributed by atoms with Crippen molar-refractivity contribution in [2.24, 2.45) is 5.73 Å². The zero-order valence-electron chi connectivity index (χ0n) is 7.28. The van der Waals surface area contributed by atoms with Crippen LogP contribution in [0.25, 0.3) is 0 Å². The van der Waals surface area contributed by atoms with Gasteiger partial charge in [-0.2, -0.15) is 0 Å². The summed E-state index contributed by atoms with van der Waals surface area (Å²) in [5.41, 5.74) is 5.00. The Morgan fingerprint density at radius 2 is 1.91 bits per heavy atom. The standard InChI is InChI=1S/C5H9NO4.K.H/c6-3(5(9)10)1-2-4(7)8;;/h3H,1-2,6H2,(H,7,8)(H,9,10);;/q;+1;-1/t3-;;/m1../s1. The molecule has 0 fully saturated rings. The minimum absolute atomic E-state index is 0. The van der Waals surface area contributed by atoms with E-state index in [2.05, 4.69) is 0 Å². The number of hydrogen-bond acceptors (Lipinski definition) is 3. The molecule has 6 heteroatoms. The van der Waals surface area contributed by atoms with E-state index in [1.807, 2.05) is 0 Å². The van der Waals surface area contributed by atoms with Crippen LogP contribution in [-0.2, 0) is 9.59 Å². The van der Waals surface area contributed by atoms with Gasteiger partial charge in [-0.25, -0.2) is 0 Å². The Labute approximate surface area is 108 Å². The van der Waals surface area contributed by atoms with E-state index in [0.717, 1.165) is 0 Å². The molecule has 4 N–H and O–H groups in total. The van der Waals surface area contributed by atoms with Crippen LogP contribution in [0, 0.1) is 0 Å². The molecule has 0 radical (unpaired) electrons. The van der Waals surface area contributed by atoms with Crippen LogP contribution in [0.2, 0.25) is 0 Å². The van der Waals surface area contributed by atoms with Gasteiger partial charge in [0.25, 0.3) is 0 Å². The minimum Gasteiger partial charge on any atom is -1.00 e. The predicted octanol–water partition coefficient (Wildman–Crippen LogP) is -3.62. The Kier molecular flexibility index (Phi) is 9.22. The maximum atomic E-state index is 9.99. The van der Waals surface area contributed by atoms with Crippen molar-refractivity contribution in [2.45, 2.75) is 18.9 Å². The molecule has 1 atom stereocenters. The van der Waals surface area contributed by atoms with E-state index in [1.54, 1.807) is 0 Å². The second kappa shape index (κ2) is 7.20. The molecule has 0 unspecified atom stereocenters. The molecular weight excluding hydrogens is 177 g/mol. The largest absolute Gasteiger partial charge is 1.00 e. The van der Waals surface area contributed by atoms with Gasteiger partial charge in [-0.3, -0.25) is 9.59 Å². The summed E-state index contributed by atoms with van der Waals surface area (Å²) in [5, 5.41) is 16.3. The van der Waals surface area contributed by atoms with E-state index in [4.69, 9.17) is 15.9 Å². The summed E-state index contributed by atoms with van der Waals surface area (Å²) in [5.74, 6) is -2.20. The third-order valence-electron chi connectivity index (χ3n) is 0.986. The Bertz CT molecular complexity index is 154. The van der Waals surface area contributed by atoms with Gasteiger partial charge in [0.1, 0.15) is 6.04 Å². The van der Waals surface area contributed by atoms with Gasteiger partial charge < -0.3 is 17.4 Å². The monoisotopic (exact) mass is 187 g/mol. The summed E-state index contributed by atoms with van der Waals surface area (Å²) in [6.07, 6.45) is -0.224. The molecule has 0 spiro atoms. The summed E-state index contributed by atoms with van der Waals surface area (Å²) in [6.45, 7) is 0. The first-order valence-electron chi connectivity index (χ1n) is 2.74. The number of carbonyl (C=O) groups is 2. The number of carboxylic acid groups (broad SMARTS) is 2. The predicted molar refractivity (Wildman–Crippen MR) is 33.6 cm³/mol. The zero-order valence-corrected chi connectivity index (χ0v) is 9.40. The van der Waals surface area contributed by atoms with Gasteiger partial charge in [0.15, 0.2) is 0 Å². The smallest absolute Gasteiger partial charge is 1.00 e. The first-order valence-corrected chi connectivity index (χ1v) is 2.74. The molecule has 60 valence electrons. The van der Waals surface area contributed by atoms with Crippen LogP contribution in [0.3, 0.4) is 0 Å². The molecular formula is C5H10KNO4. The van der Waals surface area contributed by atoms with Gasteiger partial charge in [0, 0.05) is 6.42 Å². The quantitative estimate of drug-likeness (QED) is 0.394. The molecule has 0 heterocycles. The summed E-state index contributed by atoms with van der Waals surface area (Å²) in [7, 11) is 0. The number of carboxylic acids is 2. The van der Waals surface area contributed by atoms with Crippen molar-refractivity contribution < 1.29 is 72.6 Å². The van der Waals surface area contributed by atoms with E-state index in [9.17, 15) is 9.59 Å². The molecule has 0 aliphatic carbocycles. The molecule has 0 aliphatic rings. The molecule has 0 aromatic rings. The molecule has 0 saturated heterocycles.